The van der Waals surface area contributed by atoms with Crippen molar-refractivity contribution < 1.29 is 14.7 Å². The molecule has 1 aromatic carbocycles. The second-order valence-corrected chi connectivity index (χ2v) is 5.37. The zero-order chi connectivity index (χ0) is 15.2. The Kier molecular flexibility index (Phi) is 5.16. The Morgan fingerprint density at radius 2 is 1.95 bits per heavy atom. The topological polar surface area (TPSA) is 90.5 Å². The molecule has 0 heterocycles. The maximum absolute atomic E-state index is 11.6. The van der Waals surface area contributed by atoms with Gasteiger partial charge in [0.1, 0.15) is 0 Å². The van der Waals surface area contributed by atoms with E-state index in [9.17, 15) is 9.59 Å². The molecule has 3 amide bonds. The van der Waals surface area contributed by atoms with Crippen molar-refractivity contribution in [2.45, 2.75) is 32.4 Å². The third-order valence-electron chi connectivity index (χ3n) is 3.27. The largest absolute Gasteiger partial charge is 0.394 e. The molecule has 6 heteroatoms. The lowest BCUT2D eigenvalue weighted by molar-refractivity contribution is -0.117. The monoisotopic (exact) mass is 291 g/mol. The minimum absolute atomic E-state index is 0.0817. The first-order valence-electron chi connectivity index (χ1n) is 7.13. The molecule has 1 aliphatic rings. The Bertz CT molecular complexity index is 497. The number of aliphatic hydroxyl groups excluding tert-OH is 1. The molecule has 4 N–H and O–H groups in total. The molecule has 6 nitrogen and oxygen atoms in total. The molecular weight excluding hydrogens is 270 g/mol. The lowest BCUT2D eigenvalue weighted by Gasteiger charge is -2.12. The van der Waals surface area contributed by atoms with Crippen molar-refractivity contribution in [3.8, 4) is 0 Å². The molecule has 2 rings (SSSR count). The number of anilines is 1. The van der Waals surface area contributed by atoms with E-state index in [2.05, 4.69) is 16.0 Å². The molecule has 21 heavy (non-hydrogen) atoms. The number of rotatable bonds is 6. The normalized spacial score (nSPS) is 15.1. The summed E-state index contributed by atoms with van der Waals surface area (Å²) in [5.41, 5.74) is 1.71. The molecule has 0 saturated heterocycles. The van der Waals surface area contributed by atoms with Gasteiger partial charge < -0.3 is 21.1 Å². The summed E-state index contributed by atoms with van der Waals surface area (Å²) in [6, 6.07) is 6.78. The van der Waals surface area contributed by atoms with Crippen LogP contribution in [0.5, 0.6) is 0 Å². The van der Waals surface area contributed by atoms with Gasteiger partial charge in [-0.1, -0.05) is 12.1 Å². The quantitative estimate of drug-likeness (QED) is 0.635. The standard InChI is InChI=1S/C15H21N3O3/c1-10(9-19)17-15(21)16-8-11-2-6-13(7-3-11)18-14(20)12-4-5-12/h2-3,6-7,10,12,19H,4-5,8-9H2,1H3,(H,18,20)(H2,16,17,21)/t10-/m1/s1. The SMILES string of the molecule is C[C@H](CO)NC(=O)NCc1ccc(NC(=O)C2CC2)cc1. The minimum Gasteiger partial charge on any atom is -0.394 e. The molecule has 0 aliphatic heterocycles. The highest BCUT2D eigenvalue weighted by atomic mass is 16.3. The van der Waals surface area contributed by atoms with Gasteiger partial charge in [0.15, 0.2) is 0 Å². The molecule has 1 saturated carbocycles. The maximum Gasteiger partial charge on any atom is 0.315 e. The summed E-state index contributed by atoms with van der Waals surface area (Å²) < 4.78 is 0. The average molecular weight is 291 g/mol. The summed E-state index contributed by atoms with van der Waals surface area (Å²) >= 11 is 0. The number of benzene rings is 1. The molecule has 1 atom stereocenters. The zero-order valence-corrected chi connectivity index (χ0v) is 12.1. The fourth-order valence-electron chi connectivity index (χ4n) is 1.80. The third-order valence-corrected chi connectivity index (χ3v) is 3.27. The molecule has 0 radical (unpaired) electrons. The number of aliphatic hydroxyl groups is 1. The number of hydrogen-bond acceptors (Lipinski definition) is 3. The Labute approximate surface area is 123 Å². The van der Waals surface area contributed by atoms with E-state index in [-0.39, 0.29) is 30.5 Å². The summed E-state index contributed by atoms with van der Waals surface area (Å²) in [4.78, 5) is 23.1. The number of urea groups is 1. The molecule has 0 spiro atoms. The van der Waals surface area contributed by atoms with Gasteiger partial charge in [0.25, 0.3) is 0 Å². The minimum atomic E-state index is -0.317. The van der Waals surface area contributed by atoms with Crippen LogP contribution in [-0.4, -0.2) is 29.7 Å². The number of hydrogen-bond donors (Lipinski definition) is 4. The Morgan fingerprint density at radius 3 is 2.52 bits per heavy atom. The van der Waals surface area contributed by atoms with E-state index in [1.807, 2.05) is 24.3 Å². The van der Waals surface area contributed by atoms with E-state index >= 15 is 0 Å². The summed E-state index contributed by atoms with van der Waals surface area (Å²) in [6.45, 7) is 2.01. The second-order valence-electron chi connectivity index (χ2n) is 5.37. The van der Waals surface area contributed by atoms with Crippen LogP contribution < -0.4 is 16.0 Å². The van der Waals surface area contributed by atoms with Crippen LogP contribution in [0, 0.1) is 5.92 Å². The number of carbonyl (C=O) groups excluding carboxylic acids is 2. The van der Waals surface area contributed by atoms with Crippen LogP contribution in [0.3, 0.4) is 0 Å². The first-order valence-corrected chi connectivity index (χ1v) is 7.13. The van der Waals surface area contributed by atoms with E-state index in [0.29, 0.717) is 6.54 Å². The fourth-order valence-corrected chi connectivity index (χ4v) is 1.80. The molecule has 1 aromatic rings. The lowest BCUT2D eigenvalue weighted by atomic mass is 10.2. The van der Waals surface area contributed by atoms with Crippen molar-refractivity contribution in [2.24, 2.45) is 5.92 Å². The molecular formula is C15H21N3O3. The Morgan fingerprint density at radius 1 is 1.29 bits per heavy atom. The first-order chi connectivity index (χ1) is 10.1. The van der Waals surface area contributed by atoms with Crippen molar-refractivity contribution in [1.29, 1.82) is 0 Å². The van der Waals surface area contributed by atoms with E-state index in [1.165, 1.54) is 0 Å². The summed E-state index contributed by atoms with van der Waals surface area (Å²) in [7, 11) is 0. The highest BCUT2D eigenvalue weighted by Gasteiger charge is 2.29. The predicted molar refractivity (Wildman–Crippen MR) is 79.7 cm³/mol. The zero-order valence-electron chi connectivity index (χ0n) is 12.1. The Hall–Kier alpha value is -2.08. The van der Waals surface area contributed by atoms with E-state index < -0.39 is 0 Å². The van der Waals surface area contributed by atoms with Gasteiger partial charge in [-0.05, 0) is 37.5 Å². The molecule has 1 aliphatic carbocycles. The van der Waals surface area contributed by atoms with Crippen LogP contribution in [0.1, 0.15) is 25.3 Å². The van der Waals surface area contributed by atoms with Crippen molar-refractivity contribution in [3.63, 3.8) is 0 Å². The van der Waals surface area contributed by atoms with Crippen LogP contribution in [0.4, 0.5) is 10.5 Å². The average Bonchev–Trinajstić information content (AvgIpc) is 3.31. The summed E-state index contributed by atoms with van der Waals surface area (Å²) in [5, 5.41) is 17.0. The van der Waals surface area contributed by atoms with Gasteiger partial charge in [-0.15, -0.1) is 0 Å². The van der Waals surface area contributed by atoms with Gasteiger partial charge in [0, 0.05) is 18.2 Å². The van der Waals surface area contributed by atoms with Gasteiger partial charge >= 0.3 is 6.03 Å². The number of amides is 3. The molecule has 0 aromatic heterocycles. The van der Waals surface area contributed by atoms with Crippen molar-refractivity contribution in [3.05, 3.63) is 29.8 Å². The van der Waals surface area contributed by atoms with Crippen molar-refractivity contribution in [1.82, 2.24) is 10.6 Å². The smallest absolute Gasteiger partial charge is 0.315 e. The van der Waals surface area contributed by atoms with Crippen LogP contribution >= 0.6 is 0 Å². The van der Waals surface area contributed by atoms with E-state index in [1.54, 1.807) is 6.92 Å². The van der Waals surface area contributed by atoms with Gasteiger partial charge in [-0.25, -0.2) is 4.79 Å². The van der Waals surface area contributed by atoms with Crippen LogP contribution in [0.25, 0.3) is 0 Å². The summed E-state index contributed by atoms with van der Waals surface area (Å²) in [5.74, 6) is 0.266. The van der Waals surface area contributed by atoms with Crippen molar-refractivity contribution in [2.75, 3.05) is 11.9 Å². The number of carbonyl (C=O) groups is 2. The second kappa shape index (κ2) is 7.08. The maximum atomic E-state index is 11.6. The van der Waals surface area contributed by atoms with Crippen LogP contribution in [-0.2, 0) is 11.3 Å². The third kappa shape index (κ3) is 5.07. The van der Waals surface area contributed by atoms with Gasteiger partial charge in [0.2, 0.25) is 5.91 Å². The highest BCUT2D eigenvalue weighted by molar-refractivity contribution is 5.94. The fraction of sp³-hybridized carbons (Fsp3) is 0.467. The van der Waals surface area contributed by atoms with Crippen LogP contribution in [0.15, 0.2) is 24.3 Å². The molecule has 1 fully saturated rings. The lowest BCUT2D eigenvalue weighted by Crippen LogP contribution is -2.41. The van der Waals surface area contributed by atoms with Gasteiger partial charge in [0.05, 0.1) is 12.6 Å². The van der Waals surface area contributed by atoms with E-state index in [0.717, 1.165) is 24.1 Å². The highest BCUT2D eigenvalue weighted by Crippen LogP contribution is 2.30. The summed E-state index contributed by atoms with van der Waals surface area (Å²) in [6.07, 6.45) is 1.96. The van der Waals surface area contributed by atoms with Gasteiger partial charge in [-0.3, -0.25) is 4.79 Å². The van der Waals surface area contributed by atoms with Gasteiger partial charge in [-0.2, -0.15) is 0 Å². The van der Waals surface area contributed by atoms with Crippen LogP contribution in [0.2, 0.25) is 0 Å². The first kappa shape index (κ1) is 15.3. The van der Waals surface area contributed by atoms with Crippen molar-refractivity contribution >= 4 is 17.6 Å². The predicted octanol–water partition coefficient (Wildman–Crippen LogP) is 1.22. The Balaban J connectivity index is 1.76. The molecule has 0 bridgehead atoms. The molecule has 0 unspecified atom stereocenters. The van der Waals surface area contributed by atoms with E-state index in [4.69, 9.17) is 5.11 Å². The molecule has 114 valence electrons. The number of nitrogens with one attached hydrogen (secondary N) is 3.